The van der Waals surface area contributed by atoms with Gasteiger partial charge in [-0.3, -0.25) is 0 Å². The number of carbonyl (C=O) groups excluding carboxylic acids is 1. The average Bonchev–Trinajstić information content (AvgIpc) is 2.72. The quantitative estimate of drug-likeness (QED) is 0.765. The molecule has 6 heteroatoms. The molecule has 1 fully saturated rings. The van der Waals surface area contributed by atoms with Crippen molar-refractivity contribution in [1.82, 2.24) is 4.90 Å². The van der Waals surface area contributed by atoms with E-state index in [-0.39, 0.29) is 18.5 Å². The molecule has 2 atom stereocenters. The summed E-state index contributed by atoms with van der Waals surface area (Å²) in [5, 5.41) is 9.28. The first-order chi connectivity index (χ1) is 13.5. The predicted molar refractivity (Wildman–Crippen MR) is 104 cm³/mol. The molecule has 0 aliphatic carbocycles. The van der Waals surface area contributed by atoms with Crippen molar-refractivity contribution in [3.63, 3.8) is 0 Å². The molecule has 0 radical (unpaired) electrons. The first kappa shape index (κ1) is 20.1. The second-order valence-electron chi connectivity index (χ2n) is 7.09. The Hall–Kier alpha value is -2.60. The third-order valence-corrected chi connectivity index (χ3v) is 5.45. The van der Waals surface area contributed by atoms with E-state index >= 15 is 0 Å². The van der Waals surface area contributed by atoms with Gasteiger partial charge in [0.05, 0.1) is 13.2 Å². The third-order valence-electron chi connectivity index (χ3n) is 5.45. The molecule has 1 N–H and O–H groups in total. The van der Waals surface area contributed by atoms with Crippen molar-refractivity contribution < 1.29 is 23.8 Å². The minimum Gasteiger partial charge on any atom is -0.497 e. The fourth-order valence-electron chi connectivity index (χ4n) is 3.73. The number of benzene rings is 2. The van der Waals surface area contributed by atoms with E-state index in [1.807, 2.05) is 31.2 Å². The maximum atomic E-state index is 13.4. The van der Waals surface area contributed by atoms with Gasteiger partial charge in [-0.25, -0.2) is 9.18 Å². The highest BCUT2D eigenvalue weighted by Gasteiger charge is 2.43. The molecule has 0 bridgehead atoms. The fourth-order valence-corrected chi connectivity index (χ4v) is 3.73. The molecule has 0 aromatic heterocycles. The van der Waals surface area contributed by atoms with Crippen LogP contribution < -0.4 is 4.74 Å². The zero-order chi connectivity index (χ0) is 20.1. The SMILES string of the molecule is COc1ccc([C@H](C)N2CC[C@@](CCCO)(c3ccc(F)cc3)OC2=O)cc1. The van der Waals surface area contributed by atoms with Crippen LogP contribution in [0.3, 0.4) is 0 Å². The van der Waals surface area contributed by atoms with Gasteiger partial charge in [0.1, 0.15) is 17.2 Å². The number of carbonyl (C=O) groups is 1. The number of halogens is 1. The van der Waals surface area contributed by atoms with E-state index in [0.717, 1.165) is 16.9 Å². The van der Waals surface area contributed by atoms with Crippen LogP contribution in [0.5, 0.6) is 5.75 Å². The van der Waals surface area contributed by atoms with Crippen molar-refractivity contribution in [2.24, 2.45) is 0 Å². The van der Waals surface area contributed by atoms with Gasteiger partial charge in [0.25, 0.3) is 0 Å². The number of methoxy groups -OCH3 is 1. The van der Waals surface area contributed by atoms with Crippen molar-refractivity contribution in [2.45, 2.75) is 37.8 Å². The van der Waals surface area contributed by atoms with Crippen molar-refractivity contribution in [1.29, 1.82) is 0 Å². The number of aliphatic hydroxyl groups is 1. The van der Waals surface area contributed by atoms with Crippen LogP contribution in [-0.4, -0.2) is 36.4 Å². The molecule has 2 aromatic rings. The van der Waals surface area contributed by atoms with Gasteiger partial charge < -0.3 is 19.5 Å². The summed E-state index contributed by atoms with van der Waals surface area (Å²) < 4.78 is 24.5. The predicted octanol–water partition coefficient (Wildman–Crippen LogP) is 4.41. The van der Waals surface area contributed by atoms with Crippen molar-refractivity contribution in [3.8, 4) is 5.75 Å². The molecule has 150 valence electrons. The number of rotatable bonds is 7. The lowest BCUT2D eigenvalue weighted by molar-refractivity contribution is -0.0680. The van der Waals surface area contributed by atoms with E-state index in [1.165, 1.54) is 12.1 Å². The highest BCUT2D eigenvalue weighted by atomic mass is 19.1. The Balaban J connectivity index is 1.80. The first-order valence-corrected chi connectivity index (χ1v) is 9.49. The number of nitrogens with zero attached hydrogens (tertiary/aromatic N) is 1. The number of cyclic esters (lactones) is 1. The van der Waals surface area contributed by atoms with Gasteiger partial charge in [0, 0.05) is 19.6 Å². The minimum atomic E-state index is -0.844. The summed E-state index contributed by atoms with van der Waals surface area (Å²) in [6.45, 7) is 2.48. The van der Waals surface area contributed by atoms with E-state index < -0.39 is 11.7 Å². The second-order valence-corrected chi connectivity index (χ2v) is 7.09. The van der Waals surface area contributed by atoms with Crippen LogP contribution in [0.25, 0.3) is 0 Å². The number of aliphatic hydroxyl groups excluding tert-OH is 1. The van der Waals surface area contributed by atoms with E-state index in [2.05, 4.69) is 0 Å². The summed E-state index contributed by atoms with van der Waals surface area (Å²) in [5.74, 6) is 0.425. The van der Waals surface area contributed by atoms with E-state index in [1.54, 1.807) is 24.1 Å². The first-order valence-electron chi connectivity index (χ1n) is 9.49. The molecule has 1 saturated heterocycles. The van der Waals surface area contributed by atoms with Crippen LogP contribution in [0.2, 0.25) is 0 Å². The van der Waals surface area contributed by atoms with Crippen molar-refractivity contribution in [2.75, 3.05) is 20.3 Å². The summed E-state index contributed by atoms with van der Waals surface area (Å²) in [5.41, 5.74) is 0.902. The lowest BCUT2D eigenvalue weighted by Crippen LogP contribution is -2.48. The Labute approximate surface area is 164 Å². The lowest BCUT2D eigenvalue weighted by Gasteiger charge is -2.43. The Morgan fingerprint density at radius 1 is 1.21 bits per heavy atom. The minimum absolute atomic E-state index is 0.00641. The van der Waals surface area contributed by atoms with Gasteiger partial charge in [-0.1, -0.05) is 24.3 Å². The Morgan fingerprint density at radius 3 is 2.46 bits per heavy atom. The molecule has 2 aromatic carbocycles. The van der Waals surface area contributed by atoms with Gasteiger partial charge in [0.2, 0.25) is 0 Å². The summed E-state index contributed by atoms with van der Waals surface area (Å²) in [6, 6.07) is 13.5. The number of hydrogen-bond donors (Lipinski definition) is 1. The average molecular weight is 387 g/mol. The van der Waals surface area contributed by atoms with Crippen LogP contribution in [0.1, 0.15) is 43.4 Å². The molecule has 5 nitrogen and oxygen atoms in total. The largest absolute Gasteiger partial charge is 0.497 e. The summed E-state index contributed by atoms with van der Waals surface area (Å²) in [7, 11) is 1.61. The second kappa shape index (κ2) is 8.61. The molecule has 1 amide bonds. The summed E-state index contributed by atoms with van der Waals surface area (Å²) >= 11 is 0. The molecule has 1 aliphatic rings. The molecular formula is C22H26FNO4. The van der Waals surface area contributed by atoms with Crippen LogP contribution in [-0.2, 0) is 10.3 Å². The topological polar surface area (TPSA) is 59.0 Å². The summed E-state index contributed by atoms with van der Waals surface area (Å²) in [6.07, 6.45) is 1.16. The van der Waals surface area contributed by atoms with Crippen molar-refractivity contribution >= 4 is 6.09 Å². The molecule has 0 unspecified atom stereocenters. The highest BCUT2D eigenvalue weighted by Crippen LogP contribution is 2.40. The molecule has 0 spiro atoms. The number of amides is 1. The Morgan fingerprint density at radius 2 is 1.89 bits per heavy atom. The standard InChI is InChI=1S/C22H26FNO4/c1-16(17-4-10-20(27-2)11-5-17)24-14-13-22(12-3-15-25,28-21(24)26)18-6-8-19(23)9-7-18/h4-11,16,25H,3,12-15H2,1-2H3/t16-,22-/m0/s1. The van der Waals surface area contributed by atoms with Gasteiger partial charge in [-0.05, 0) is 55.2 Å². The molecule has 28 heavy (non-hydrogen) atoms. The van der Waals surface area contributed by atoms with Crippen molar-refractivity contribution in [3.05, 3.63) is 65.5 Å². The third kappa shape index (κ3) is 4.12. The highest BCUT2D eigenvalue weighted by molar-refractivity contribution is 5.70. The maximum absolute atomic E-state index is 13.4. The number of hydrogen-bond acceptors (Lipinski definition) is 4. The Kier molecular flexibility index (Phi) is 6.19. The van der Waals surface area contributed by atoms with Gasteiger partial charge >= 0.3 is 6.09 Å². The molecule has 1 heterocycles. The zero-order valence-electron chi connectivity index (χ0n) is 16.2. The zero-order valence-corrected chi connectivity index (χ0v) is 16.2. The van der Waals surface area contributed by atoms with Gasteiger partial charge in [-0.15, -0.1) is 0 Å². The maximum Gasteiger partial charge on any atom is 0.411 e. The normalized spacial score (nSPS) is 20.6. The van der Waals surface area contributed by atoms with Gasteiger partial charge in [0.15, 0.2) is 0 Å². The van der Waals surface area contributed by atoms with E-state index in [0.29, 0.717) is 25.8 Å². The fraction of sp³-hybridized carbons (Fsp3) is 0.409. The molecular weight excluding hydrogens is 361 g/mol. The van der Waals surface area contributed by atoms with E-state index in [4.69, 9.17) is 9.47 Å². The number of ether oxygens (including phenoxy) is 2. The van der Waals surface area contributed by atoms with Gasteiger partial charge in [-0.2, -0.15) is 0 Å². The summed E-state index contributed by atoms with van der Waals surface area (Å²) in [4.78, 5) is 14.6. The lowest BCUT2D eigenvalue weighted by atomic mass is 9.84. The van der Waals surface area contributed by atoms with Crippen LogP contribution in [0, 0.1) is 5.82 Å². The Bertz CT molecular complexity index is 793. The van der Waals surface area contributed by atoms with Crippen LogP contribution >= 0.6 is 0 Å². The molecule has 1 aliphatic heterocycles. The molecule has 3 rings (SSSR count). The smallest absolute Gasteiger partial charge is 0.411 e. The van der Waals surface area contributed by atoms with Crippen LogP contribution in [0.4, 0.5) is 9.18 Å². The van der Waals surface area contributed by atoms with Crippen LogP contribution in [0.15, 0.2) is 48.5 Å². The van der Waals surface area contributed by atoms with E-state index in [9.17, 15) is 14.3 Å². The monoisotopic (exact) mass is 387 g/mol. The molecule has 0 saturated carbocycles.